The van der Waals surface area contributed by atoms with Gasteiger partial charge in [0.2, 0.25) is 0 Å². The topological polar surface area (TPSA) is 48.5 Å². The van der Waals surface area contributed by atoms with Gasteiger partial charge in [0.1, 0.15) is 0 Å². The van der Waals surface area contributed by atoms with E-state index < -0.39 is 8.07 Å². The van der Waals surface area contributed by atoms with Crippen molar-refractivity contribution in [1.29, 1.82) is 0 Å². The molecule has 0 aliphatic rings. The second kappa shape index (κ2) is 14.2. The molecule has 0 atom stereocenters. The maximum Gasteiger partial charge on any atom is 0.164 e. The van der Waals surface area contributed by atoms with E-state index in [-0.39, 0.29) is 0 Å². The fraction of sp³-hybridized carbons (Fsp3) is 0.0556. The largest absolute Gasteiger partial charge is 0.309 e. The maximum absolute atomic E-state index is 4.97. The molecule has 0 fully saturated rings. The zero-order chi connectivity index (χ0) is 40.4. The average Bonchev–Trinajstić information content (AvgIpc) is 3.81. The van der Waals surface area contributed by atoms with Gasteiger partial charge in [-0.05, 0) is 77.9 Å². The quantitative estimate of drug-likeness (QED) is 0.151. The number of hydrogen-bond donors (Lipinski definition) is 0. The molecule has 6 heteroatoms. The molecular weight excluding hydrogens is 747 g/mol. The molecule has 11 aromatic rings. The van der Waals surface area contributed by atoms with Crippen LogP contribution in [0, 0.1) is 0 Å². The number of para-hydroxylation sites is 2. The summed E-state index contributed by atoms with van der Waals surface area (Å²) in [6.45, 7) is 7.21. The molecule has 8 aromatic carbocycles. The van der Waals surface area contributed by atoms with Gasteiger partial charge in [-0.25, -0.2) is 15.0 Å². The van der Waals surface area contributed by atoms with Crippen molar-refractivity contribution in [3.05, 3.63) is 194 Å². The van der Waals surface area contributed by atoms with Crippen LogP contribution in [0.3, 0.4) is 0 Å². The highest BCUT2D eigenvalue weighted by molar-refractivity contribution is 6.88. The molecule has 0 saturated heterocycles. The first-order valence-electron chi connectivity index (χ1n) is 20.5. The first-order valence-corrected chi connectivity index (χ1v) is 24.0. The highest BCUT2D eigenvalue weighted by Gasteiger charge is 2.19. The molecule has 0 aliphatic carbocycles. The van der Waals surface area contributed by atoms with E-state index in [4.69, 9.17) is 15.0 Å². The maximum atomic E-state index is 4.97. The summed E-state index contributed by atoms with van der Waals surface area (Å²) in [5, 5.41) is 6.42. The van der Waals surface area contributed by atoms with Crippen LogP contribution in [0.1, 0.15) is 0 Å². The van der Waals surface area contributed by atoms with Crippen molar-refractivity contribution < 1.29 is 0 Å². The minimum Gasteiger partial charge on any atom is -0.309 e. The van der Waals surface area contributed by atoms with Crippen molar-refractivity contribution >= 4 is 56.9 Å². The van der Waals surface area contributed by atoms with Crippen LogP contribution in [-0.2, 0) is 0 Å². The van der Waals surface area contributed by atoms with Gasteiger partial charge in [-0.2, -0.15) is 0 Å². The Hall–Kier alpha value is -7.41. The predicted octanol–water partition coefficient (Wildman–Crippen LogP) is 13.3. The molecule has 0 radical (unpaired) electrons. The molecule has 0 N–H and O–H groups in total. The zero-order valence-corrected chi connectivity index (χ0v) is 34.7. The SMILES string of the molecule is C[Si](C)(C)c1ccc(-n2c3ccccc3c3ccc(-c4ccc5c(c4)c4ccccc4n5-c4ccc(-c5nc(-c6ccccc6)nc(-c6ccccc6)n5)cc4)cc32)cc1. The second-order valence-corrected chi connectivity index (χ2v) is 21.6. The Morgan fingerprint density at radius 1 is 0.317 bits per heavy atom. The van der Waals surface area contributed by atoms with Gasteiger partial charge in [-0.1, -0.05) is 152 Å². The van der Waals surface area contributed by atoms with Gasteiger partial charge in [0, 0.05) is 49.6 Å². The van der Waals surface area contributed by atoms with E-state index in [1.165, 1.54) is 54.6 Å². The van der Waals surface area contributed by atoms with Gasteiger partial charge in [0.15, 0.2) is 17.5 Å². The van der Waals surface area contributed by atoms with E-state index in [9.17, 15) is 0 Å². The van der Waals surface area contributed by atoms with Crippen molar-refractivity contribution in [3.8, 4) is 56.7 Å². The lowest BCUT2D eigenvalue weighted by molar-refractivity contribution is 1.07. The van der Waals surface area contributed by atoms with Crippen molar-refractivity contribution in [2.24, 2.45) is 0 Å². The lowest BCUT2D eigenvalue weighted by Gasteiger charge is -2.17. The summed E-state index contributed by atoms with van der Waals surface area (Å²) in [4.78, 5) is 14.8. The molecular formula is C54H41N5Si. The van der Waals surface area contributed by atoms with Gasteiger partial charge >= 0.3 is 0 Å². The Kier molecular flexibility index (Phi) is 8.43. The molecule has 3 aromatic heterocycles. The molecule has 5 nitrogen and oxygen atoms in total. The van der Waals surface area contributed by atoms with Crippen LogP contribution in [0.5, 0.6) is 0 Å². The summed E-state index contributed by atoms with van der Waals surface area (Å²) in [6.07, 6.45) is 0. The van der Waals surface area contributed by atoms with Crippen molar-refractivity contribution in [3.63, 3.8) is 0 Å². The van der Waals surface area contributed by atoms with Gasteiger partial charge in [-0.15, -0.1) is 0 Å². The number of rotatable bonds is 7. The molecule has 0 amide bonds. The van der Waals surface area contributed by atoms with E-state index in [0.717, 1.165) is 33.4 Å². The number of hydrogen-bond acceptors (Lipinski definition) is 3. The van der Waals surface area contributed by atoms with E-state index in [2.05, 4.69) is 162 Å². The third-order valence-electron chi connectivity index (χ3n) is 11.8. The Balaban J connectivity index is 1.00. The highest BCUT2D eigenvalue weighted by Crippen LogP contribution is 2.38. The van der Waals surface area contributed by atoms with Crippen LogP contribution in [-0.4, -0.2) is 32.2 Å². The summed E-state index contributed by atoms with van der Waals surface area (Å²) >= 11 is 0. The average molecular weight is 788 g/mol. The van der Waals surface area contributed by atoms with E-state index in [0.29, 0.717) is 17.5 Å². The van der Waals surface area contributed by atoms with Crippen LogP contribution in [0.15, 0.2) is 194 Å². The number of fused-ring (bicyclic) bond motifs is 6. The first-order chi connectivity index (χ1) is 29.4. The third kappa shape index (κ3) is 6.12. The van der Waals surface area contributed by atoms with E-state index in [1.807, 2.05) is 60.7 Å². The van der Waals surface area contributed by atoms with Gasteiger partial charge in [0.05, 0.1) is 30.1 Å². The Morgan fingerprint density at radius 3 is 1.28 bits per heavy atom. The van der Waals surface area contributed by atoms with Crippen LogP contribution in [0.2, 0.25) is 19.6 Å². The zero-order valence-electron chi connectivity index (χ0n) is 33.7. The molecule has 0 spiro atoms. The number of aromatic nitrogens is 5. The molecule has 0 aliphatic heterocycles. The smallest absolute Gasteiger partial charge is 0.164 e. The van der Waals surface area contributed by atoms with Crippen LogP contribution in [0.25, 0.3) is 100 Å². The molecule has 0 bridgehead atoms. The van der Waals surface area contributed by atoms with Crippen LogP contribution < -0.4 is 5.19 Å². The number of nitrogens with zero attached hydrogens (tertiary/aromatic N) is 5. The standard InChI is InChI=1S/C54H41N5Si/c1-60(2,3)43-30-28-42(29-31-43)59-48-20-12-10-18-44(48)46-32-24-40(35-51(46)59)39-25-33-50-47(34-39)45-19-11-13-21-49(45)58(50)41-26-22-38(23-27-41)54-56-52(36-14-6-4-7-15-36)55-53(57-54)37-16-8-5-9-17-37/h4-35H,1-3H3. The Labute approximate surface area is 349 Å². The summed E-state index contributed by atoms with van der Waals surface area (Å²) in [5.41, 5.74) is 12.2. The van der Waals surface area contributed by atoms with E-state index >= 15 is 0 Å². The van der Waals surface area contributed by atoms with Crippen molar-refractivity contribution in [2.45, 2.75) is 19.6 Å². The van der Waals surface area contributed by atoms with Gasteiger partial charge in [-0.3, -0.25) is 0 Å². The van der Waals surface area contributed by atoms with Crippen LogP contribution >= 0.6 is 0 Å². The minimum absolute atomic E-state index is 0.640. The molecule has 0 saturated carbocycles. The van der Waals surface area contributed by atoms with Gasteiger partial charge in [0.25, 0.3) is 0 Å². The summed E-state index contributed by atoms with van der Waals surface area (Å²) < 4.78 is 4.79. The second-order valence-electron chi connectivity index (χ2n) is 16.6. The van der Waals surface area contributed by atoms with Crippen molar-refractivity contribution in [2.75, 3.05) is 0 Å². The fourth-order valence-electron chi connectivity index (χ4n) is 8.67. The number of benzene rings is 8. The summed E-state index contributed by atoms with van der Waals surface area (Å²) in [7, 11) is -1.42. The Morgan fingerprint density at radius 2 is 0.717 bits per heavy atom. The van der Waals surface area contributed by atoms with Crippen molar-refractivity contribution in [1.82, 2.24) is 24.1 Å². The van der Waals surface area contributed by atoms with Crippen LogP contribution in [0.4, 0.5) is 0 Å². The molecule has 3 heterocycles. The monoisotopic (exact) mass is 787 g/mol. The molecule has 11 rings (SSSR count). The first kappa shape index (κ1) is 35.7. The van der Waals surface area contributed by atoms with Gasteiger partial charge < -0.3 is 9.13 Å². The van der Waals surface area contributed by atoms with E-state index in [1.54, 1.807) is 0 Å². The minimum atomic E-state index is -1.42. The summed E-state index contributed by atoms with van der Waals surface area (Å²) in [6, 6.07) is 69.4. The molecule has 0 unspecified atom stereocenters. The normalized spacial score (nSPS) is 11.9. The third-order valence-corrected chi connectivity index (χ3v) is 13.8. The fourth-order valence-corrected chi connectivity index (χ4v) is 9.83. The predicted molar refractivity (Wildman–Crippen MR) is 253 cm³/mol. The molecule has 60 heavy (non-hydrogen) atoms. The highest BCUT2D eigenvalue weighted by atomic mass is 28.3. The summed E-state index contributed by atoms with van der Waals surface area (Å²) in [5.74, 6) is 1.94. The molecule has 286 valence electrons. The lowest BCUT2D eigenvalue weighted by atomic mass is 10.0. The lowest BCUT2D eigenvalue weighted by Crippen LogP contribution is -2.37. The Bertz CT molecular complexity index is 3320.